The van der Waals surface area contributed by atoms with Gasteiger partial charge in [-0.1, -0.05) is 48.5 Å². The zero-order valence-electron chi connectivity index (χ0n) is 14.0. The van der Waals surface area contributed by atoms with Gasteiger partial charge in [0.15, 0.2) is 0 Å². The van der Waals surface area contributed by atoms with Gasteiger partial charge in [0, 0.05) is 12.1 Å². The van der Waals surface area contributed by atoms with Crippen molar-refractivity contribution in [1.82, 2.24) is 5.32 Å². The van der Waals surface area contributed by atoms with E-state index in [9.17, 15) is 9.59 Å². The minimum atomic E-state index is -0.527. The third-order valence-electron chi connectivity index (χ3n) is 4.56. The van der Waals surface area contributed by atoms with Gasteiger partial charge in [0.2, 0.25) is 11.8 Å². The second kappa shape index (κ2) is 6.88. The Labute approximate surface area is 151 Å². The van der Waals surface area contributed by atoms with Crippen molar-refractivity contribution in [3.63, 3.8) is 0 Å². The predicted octanol–water partition coefficient (Wildman–Crippen LogP) is 3.61. The summed E-state index contributed by atoms with van der Waals surface area (Å²) >= 11 is 0. The number of hydrogen-bond acceptors (Lipinski definition) is 3. The van der Waals surface area contributed by atoms with Gasteiger partial charge < -0.3 is 15.1 Å². The number of fused-ring (bicyclic) bond motifs is 1. The number of hydrogen-bond donors (Lipinski definition) is 2. The van der Waals surface area contributed by atoms with E-state index in [1.165, 1.54) is 0 Å². The smallest absolute Gasteiger partial charge is 0.229 e. The molecule has 26 heavy (non-hydrogen) atoms. The molecule has 2 atom stereocenters. The van der Waals surface area contributed by atoms with Crippen molar-refractivity contribution < 1.29 is 14.0 Å². The lowest BCUT2D eigenvalue weighted by Crippen LogP contribution is -2.37. The molecular weight excluding hydrogens is 328 g/mol. The van der Waals surface area contributed by atoms with Crippen molar-refractivity contribution >= 4 is 17.5 Å². The van der Waals surface area contributed by atoms with Crippen molar-refractivity contribution in [2.75, 3.05) is 5.32 Å². The number of furan rings is 1. The third kappa shape index (κ3) is 3.11. The van der Waals surface area contributed by atoms with Crippen LogP contribution in [0.3, 0.4) is 0 Å². The summed E-state index contributed by atoms with van der Waals surface area (Å²) in [5, 5.41) is 5.87. The summed E-state index contributed by atoms with van der Waals surface area (Å²) in [7, 11) is 0. The highest BCUT2D eigenvalue weighted by atomic mass is 16.3. The second-order valence-corrected chi connectivity index (χ2v) is 6.26. The first kappa shape index (κ1) is 16.1. The van der Waals surface area contributed by atoms with Gasteiger partial charge in [-0.3, -0.25) is 9.59 Å². The van der Waals surface area contributed by atoms with Crippen molar-refractivity contribution in [2.24, 2.45) is 0 Å². The van der Waals surface area contributed by atoms with E-state index in [2.05, 4.69) is 10.6 Å². The number of rotatable bonds is 4. The predicted molar refractivity (Wildman–Crippen MR) is 97.6 cm³/mol. The van der Waals surface area contributed by atoms with Gasteiger partial charge in [-0.15, -0.1) is 0 Å². The molecule has 2 heterocycles. The fourth-order valence-corrected chi connectivity index (χ4v) is 3.31. The normalized spacial score (nSPS) is 17.1. The van der Waals surface area contributed by atoms with E-state index in [0.717, 1.165) is 11.1 Å². The molecule has 0 radical (unpaired) electrons. The summed E-state index contributed by atoms with van der Waals surface area (Å²) < 4.78 is 5.53. The first-order valence-electron chi connectivity index (χ1n) is 8.50. The maximum Gasteiger partial charge on any atom is 0.229 e. The molecule has 0 bridgehead atoms. The quantitative estimate of drug-likeness (QED) is 0.758. The van der Waals surface area contributed by atoms with Crippen LogP contribution < -0.4 is 10.6 Å². The van der Waals surface area contributed by atoms with Gasteiger partial charge in [0.05, 0.1) is 12.2 Å². The lowest BCUT2D eigenvalue weighted by molar-refractivity contribution is -0.126. The molecule has 3 aromatic rings. The molecular formula is C21H18N2O3. The van der Waals surface area contributed by atoms with Gasteiger partial charge in [0.25, 0.3) is 0 Å². The van der Waals surface area contributed by atoms with Crippen molar-refractivity contribution in [3.8, 4) is 0 Å². The van der Waals surface area contributed by atoms with Crippen LogP contribution in [-0.4, -0.2) is 11.8 Å². The van der Waals surface area contributed by atoms with Crippen LogP contribution in [-0.2, 0) is 9.59 Å². The first-order valence-corrected chi connectivity index (χ1v) is 8.50. The molecule has 0 saturated carbocycles. The lowest BCUT2D eigenvalue weighted by atomic mass is 9.89. The summed E-state index contributed by atoms with van der Waals surface area (Å²) in [6, 6.07) is 20.3. The van der Waals surface area contributed by atoms with Crippen LogP contribution >= 0.6 is 0 Å². The number of amides is 2. The van der Waals surface area contributed by atoms with Crippen molar-refractivity contribution in [2.45, 2.75) is 18.4 Å². The number of carbonyl (C=O) groups excluding carboxylic acids is 2. The summed E-state index contributed by atoms with van der Waals surface area (Å²) in [4.78, 5) is 25.1. The maximum absolute atomic E-state index is 13.1. The van der Waals surface area contributed by atoms with Crippen molar-refractivity contribution in [3.05, 3.63) is 89.9 Å². The highest BCUT2D eigenvalue weighted by molar-refractivity contribution is 6.01. The first-order chi connectivity index (χ1) is 12.7. The zero-order valence-corrected chi connectivity index (χ0v) is 14.0. The minimum absolute atomic E-state index is 0.127. The molecule has 2 amide bonds. The van der Waals surface area contributed by atoms with E-state index in [-0.39, 0.29) is 18.2 Å². The maximum atomic E-state index is 13.1. The Morgan fingerprint density at radius 1 is 1.04 bits per heavy atom. The van der Waals surface area contributed by atoms with Gasteiger partial charge in [-0.2, -0.15) is 0 Å². The highest BCUT2D eigenvalue weighted by Gasteiger charge is 2.32. The molecule has 5 heteroatoms. The average molecular weight is 346 g/mol. The second-order valence-electron chi connectivity index (χ2n) is 6.26. The summed E-state index contributed by atoms with van der Waals surface area (Å²) in [5.41, 5.74) is 2.44. The summed E-state index contributed by atoms with van der Waals surface area (Å²) in [6.07, 6.45) is 1.71. The Hall–Kier alpha value is -3.34. The molecule has 0 saturated heterocycles. The SMILES string of the molecule is O=C1CC(C(=O)NC(c2ccccc2)c2ccco2)c2ccccc2N1. The Balaban J connectivity index is 1.65. The molecule has 0 fully saturated rings. The minimum Gasteiger partial charge on any atom is -0.467 e. The molecule has 1 aliphatic rings. The Kier molecular flexibility index (Phi) is 4.27. The van der Waals surface area contributed by atoms with Crippen LogP contribution in [0.5, 0.6) is 0 Å². The summed E-state index contributed by atoms with van der Waals surface area (Å²) in [5.74, 6) is -0.227. The van der Waals surface area contributed by atoms with Crippen LogP contribution in [0.1, 0.15) is 35.3 Å². The lowest BCUT2D eigenvalue weighted by Gasteiger charge is -2.26. The number of para-hydroxylation sites is 1. The number of carbonyl (C=O) groups is 2. The van der Waals surface area contributed by atoms with E-state index in [4.69, 9.17) is 4.42 Å². The van der Waals surface area contributed by atoms with Crippen LogP contribution in [0.25, 0.3) is 0 Å². The molecule has 2 unspecified atom stereocenters. The van der Waals surface area contributed by atoms with Gasteiger partial charge in [-0.05, 0) is 29.3 Å². The highest BCUT2D eigenvalue weighted by Crippen LogP contribution is 2.33. The van der Waals surface area contributed by atoms with Crippen LogP contribution in [0.2, 0.25) is 0 Å². The molecule has 2 N–H and O–H groups in total. The number of anilines is 1. The number of benzene rings is 2. The van der Waals surface area contributed by atoms with Gasteiger partial charge in [0.1, 0.15) is 11.8 Å². The Bertz CT molecular complexity index is 919. The Morgan fingerprint density at radius 3 is 2.58 bits per heavy atom. The summed E-state index contributed by atoms with van der Waals surface area (Å²) in [6.45, 7) is 0. The standard InChI is InChI=1S/C21H18N2O3/c24-19-13-16(15-9-4-5-10-17(15)22-19)21(25)23-20(18-11-6-12-26-18)14-7-2-1-3-8-14/h1-12,16,20H,13H2,(H,22,24)(H,23,25). The zero-order chi connectivity index (χ0) is 17.9. The molecule has 0 spiro atoms. The number of nitrogens with one attached hydrogen (secondary N) is 2. The molecule has 1 aromatic heterocycles. The van der Waals surface area contributed by atoms with Crippen LogP contribution in [0, 0.1) is 0 Å². The molecule has 0 aliphatic carbocycles. The molecule has 1 aliphatic heterocycles. The van der Waals surface area contributed by atoms with Crippen LogP contribution in [0.4, 0.5) is 5.69 Å². The van der Waals surface area contributed by atoms with Crippen molar-refractivity contribution in [1.29, 1.82) is 0 Å². The fraction of sp³-hybridized carbons (Fsp3) is 0.143. The average Bonchev–Trinajstić information content (AvgIpc) is 3.20. The fourth-order valence-electron chi connectivity index (χ4n) is 3.31. The van der Waals surface area contributed by atoms with E-state index >= 15 is 0 Å². The van der Waals surface area contributed by atoms with Gasteiger partial charge >= 0.3 is 0 Å². The molecule has 5 nitrogen and oxygen atoms in total. The monoisotopic (exact) mass is 346 g/mol. The van der Waals surface area contributed by atoms with Gasteiger partial charge in [-0.25, -0.2) is 0 Å². The molecule has 4 rings (SSSR count). The Morgan fingerprint density at radius 2 is 1.81 bits per heavy atom. The van der Waals surface area contributed by atoms with E-state index in [1.807, 2.05) is 60.7 Å². The third-order valence-corrected chi connectivity index (χ3v) is 4.56. The molecule has 130 valence electrons. The van der Waals surface area contributed by atoms with E-state index in [0.29, 0.717) is 11.4 Å². The molecule has 2 aromatic carbocycles. The van der Waals surface area contributed by atoms with Crippen LogP contribution in [0.15, 0.2) is 77.4 Å². The largest absolute Gasteiger partial charge is 0.467 e. The topological polar surface area (TPSA) is 71.3 Å². The van der Waals surface area contributed by atoms with E-state index in [1.54, 1.807) is 12.3 Å². The van der Waals surface area contributed by atoms with E-state index < -0.39 is 12.0 Å².